The highest BCUT2D eigenvalue weighted by Crippen LogP contribution is 2.27. The monoisotopic (exact) mass is 522 g/mol. The van der Waals surface area contributed by atoms with Crippen molar-refractivity contribution in [1.82, 2.24) is 19.8 Å². The number of piperazine rings is 1. The van der Waals surface area contributed by atoms with Gasteiger partial charge in [0.15, 0.2) is 6.29 Å². The SMILES string of the molecule is COC1CCN(c2cc(NC(O)N(C)c3ccc(CN4CCN(C)CC4=O)c(C=O)n3)ncc2C#N)CC1. The van der Waals surface area contributed by atoms with Gasteiger partial charge in [-0.1, -0.05) is 6.07 Å². The van der Waals surface area contributed by atoms with Gasteiger partial charge in [0.25, 0.3) is 0 Å². The van der Waals surface area contributed by atoms with E-state index in [1.165, 1.54) is 11.1 Å². The van der Waals surface area contributed by atoms with Crippen molar-refractivity contribution in [3.63, 3.8) is 0 Å². The Labute approximate surface area is 222 Å². The Kier molecular flexibility index (Phi) is 8.73. The first-order chi connectivity index (χ1) is 18.3. The third kappa shape index (κ3) is 6.19. The molecule has 12 heteroatoms. The van der Waals surface area contributed by atoms with Crippen LogP contribution in [0, 0.1) is 11.3 Å². The lowest BCUT2D eigenvalue weighted by Gasteiger charge is -2.33. The Morgan fingerprint density at radius 1 is 1.32 bits per heavy atom. The van der Waals surface area contributed by atoms with Crippen LogP contribution in [0.15, 0.2) is 24.4 Å². The number of aromatic nitrogens is 2. The van der Waals surface area contributed by atoms with Crippen molar-refractivity contribution in [1.29, 1.82) is 5.26 Å². The number of likely N-dealkylation sites (N-methyl/N-ethyl adjacent to an activating group) is 1. The number of carbonyl (C=O) groups is 2. The molecule has 12 nitrogen and oxygen atoms in total. The summed E-state index contributed by atoms with van der Waals surface area (Å²) in [4.78, 5) is 40.1. The van der Waals surface area contributed by atoms with Crippen LogP contribution in [-0.4, -0.2) is 103 Å². The zero-order valence-corrected chi connectivity index (χ0v) is 22.0. The van der Waals surface area contributed by atoms with Crippen LogP contribution in [0.5, 0.6) is 0 Å². The molecule has 202 valence electrons. The Bertz CT molecular complexity index is 1190. The smallest absolute Gasteiger partial charge is 0.237 e. The predicted octanol–water partition coefficient (Wildman–Crippen LogP) is 0.874. The molecule has 2 aliphatic heterocycles. The number of aliphatic hydroxyl groups is 1. The number of rotatable bonds is 9. The maximum Gasteiger partial charge on any atom is 0.237 e. The van der Waals surface area contributed by atoms with Gasteiger partial charge in [-0.15, -0.1) is 0 Å². The maximum absolute atomic E-state index is 12.3. The van der Waals surface area contributed by atoms with E-state index in [4.69, 9.17) is 4.74 Å². The molecular weight excluding hydrogens is 488 g/mol. The second-order valence-corrected chi connectivity index (χ2v) is 9.63. The zero-order valence-electron chi connectivity index (χ0n) is 22.0. The van der Waals surface area contributed by atoms with Crippen molar-refractivity contribution in [3.8, 4) is 6.07 Å². The molecule has 4 rings (SSSR count). The molecule has 38 heavy (non-hydrogen) atoms. The lowest BCUT2D eigenvalue weighted by atomic mass is 10.1. The second kappa shape index (κ2) is 12.2. The molecule has 1 atom stereocenters. The highest BCUT2D eigenvalue weighted by Gasteiger charge is 2.24. The number of aldehydes is 1. The molecule has 0 saturated carbocycles. The summed E-state index contributed by atoms with van der Waals surface area (Å²) in [7, 11) is 5.25. The summed E-state index contributed by atoms with van der Waals surface area (Å²) in [5.41, 5.74) is 2.07. The van der Waals surface area contributed by atoms with Crippen molar-refractivity contribution in [3.05, 3.63) is 41.2 Å². The molecule has 2 N–H and O–H groups in total. The first-order valence-electron chi connectivity index (χ1n) is 12.6. The van der Waals surface area contributed by atoms with Gasteiger partial charge < -0.3 is 29.9 Å². The molecule has 2 aromatic rings. The highest BCUT2D eigenvalue weighted by molar-refractivity contribution is 5.80. The minimum atomic E-state index is -1.21. The number of nitriles is 1. The standard InChI is InChI=1S/C26H34N8O4/c1-31-10-11-34(25(36)16-31)15-18-4-5-24(29-21(18)17-35)32(2)26(37)30-23-12-22(19(13-27)14-28-23)33-8-6-20(38-3)7-9-33/h4-5,12,14,17,20,26,37H,6-11,15-16H2,1-3H3,(H,28,30). The van der Waals surface area contributed by atoms with Crippen molar-refractivity contribution >= 4 is 29.5 Å². The number of nitrogens with zero attached hydrogens (tertiary/aromatic N) is 7. The Morgan fingerprint density at radius 2 is 2.08 bits per heavy atom. The number of nitrogens with one attached hydrogen (secondary N) is 1. The summed E-state index contributed by atoms with van der Waals surface area (Å²) in [6.07, 6.45) is 2.88. The molecule has 4 heterocycles. The van der Waals surface area contributed by atoms with E-state index in [1.54, 1.807) is 37.3 Å². The fourth-order valence-electron chi connectivity index (χ4n) is 4.68. The van der Waals surface area contributed by atoms with Crippen molar-refractivity contribution in [2.45, 2.75) is 31.8 Å². The van der Waals surface area contributed by atoms with Crippen LogP contribution in [0.25, 0.3) is 0 Å². The number of amides is 1. The molecule has 0 bridgehead atoms. The van der Waals surface area contributed by atoms with E-state index in [2.05, 4.69) is 26.3 Å². The molecular formula is C26H34N8O4. The van der Waals surface area contributed by atoms with E-state index in [9.17, 15) is 20.0 Å². The maximum atomic E-state index is 12.3. The van der Waals surface area contributed by atoms with E-state index in [1.807, 2.05) is 11.9 Å². The summed E-state index contributed by atoms with van der Waals surface area (Å²) in [6.45, 7) is 3.51. The van der Waals surface area contributed by atoms with Crippen molar-refractivity contribution in [2.24, 2.45) is 0 Å². The zero-order chi connectivity index (χ0) is 27.2. The van der Waals surface area contributed by atoms with Gasteiger partial charge in [0.05, 0.1) is 23.9 Å². The fraction of sp³-hybridized carbons (Fsp3) is 0.500. The number of pyridine rings is 2. The van der Waals surface area contributed by atoms with E-state index >= 15 is 0 Å². The lowest BCUT2D eigenvalue weighted by Crippen LogP contribution is -2.48. The molecule has 1 unspecified atom stereocenters. The summed E-state index contributed by atoms with van der Waals surface area (Å²) in [5, 5.41) is 23.4. The molecule has 2 saturated heterocycles. The molecule has 0 aromatic carbocycles. The van der Waals surface area contributed by atoms with Gasteiger partial charge in [-0.05, 0) is 26.0 Å². The summed E-state index contributed by atoms with van der Waals surface area (Å²) < 4.78 is 5.45. The minimum absolute atomic E-state index is 0.00812. The Morgan fingerprint density at radius 3 is 2.74 bits per heavy atom. The third-order valence-corrected chi connectivity index (χ3v) is 7.10. The summed E-state index contributed by atoms with van der Waals surface area (Å²) in [5.74, 6) is 0.776. The van der Waals surface area contributed by atoms with E-state index in [0.29, 0.717) is 48.7 Å². The number of aliphatic hydroxyl groups excluding tert-OH is 1. The van der Waals surface area contributed by atoms with Crippen LogP contribution in [0.1, 0.15) is 34.5 Å². The number of ether oxygens (including phenoxy) is 1. The molecule has 0 spiro atoms. The van der Waals surface area contributed by atoms with Gasteiger partial charge in [-0.25, -0.2) is 9.97 Å². The number of hydrogen-bond donors (Lipinski definition) is 2. The summed E-state index contributed by atoms with van der Waals surface area (Å²) >= 11 is 0. The largest absolute Gasteiger partial charge is 0.381 e. The molecule has 1 amide bonds. The average Bonchev–Trinajstić information content (AvgIpc) is 2.94. The van der Waals surface area contributed by atoms with Gasteiger partial charge in [-0.2, -0.15) is 5.26 Å². The number of anilines is 3. The number of hydrogen-bond acceptors (Lipinski definition) is 11. The quantitative estimate of drug-likeness (QED) is 0.358. The molecule has 0 radical (unpaired) electrons. The predicted molar refractivity (Wildman–Crippen MR) is 142 cm³/mol. The van der Waals surface area contributed by atoms with Crippen LogP contribution in [0.2, 0.25) is 0 Å². The normalized spacial score (nSPS) is 17.7. The Hall–Kier alpha value is -3.79. The number of methoxy groups -OCH3 is 1. The van der Waals surface area contributed by atoms with Crippen LogP contribution in [-0.2, 0) is 16.1 Å². The second-order valence-electron chi connectivity index (χ2n) is 9.63. The van der Waals surface area contributed by atoms with Gasteiger partial charge in [0.2, 0.25) is 12.3 Å². The average molecular weight is 523 g/mol. The lowest BCUT2D eigenvalue weighted by molar-refractivity contribution is -0.136. The fourth-order valence-corrected chi connectivity index (χ4v) is 4.68. The van der Waals surface area contributed by atoms with Crippen LogP contribution in [0.3, 0.4) is 0 Å². The third-order valence-electron chi connectivity index (χ3n) is 7.10. The van der Waals surface area contributed by atoms with Gasteiger partial charge in [0, 0.05) is 64.7 Å². The number of carbonyl (C=O) groups excluding carboxylic acids is 2. The molecule has 0 aliphatic carbocycles. The van der Waals surface area contributed by atoms with Gasteiger partial charge >= 0.3 is 0 Å². The highest BCUT2D eigenvalue weighted by atomic mass is 16.5. The van der Waals surface area contributed by atoms with E-state index in [-0.39, 0.29) is 17.7 Å². The Balaban J connectivity index is 1.45. The minimum Gasteiger partial charge on any atom is -0.381 e. The first kappa shape index (κ1) is 27.3. The van der Waals surface area contributed by atoms with Crippen molar-refractivity contribution in [2.75, 3.05) is 69.0 Å². The van der Waals surface area contributed by atoms with Crippen LogP contribution >= 0.6 is 0 Å². The molecule has 2 aliphatic rings. The summed E-state index contributed by atoms with van der Waals surface area (Å²) in [6, 6.07) is 7.40. The first-order valence-corrected chi connectivity index (χ1v) is 12.6. The topological polar surface area (TPSA) is 138 Å². The van der Waals surface area contributed by atoms with Gasteiger partial charge in [0.1, 0.15) is 23.4 Å². The van der Waals surface area contributed by atoms with E-state index < -0.39 is 6.35 Å². The number of piperidine rings is 1. The molecule has 2 fully saturated rings. The van der Waals surface area contributed by atoms with Crippen LogP contribution in [0.4, 0.5) is 17.3 Å². The molecule has 2 aromatic heterocycles. The van der Waals surface area contributed by atoms with Gasteiger partial charge in [-0.3, -0.25) is 14.5 Å². The van der Waals surface area contributed by atoms with Crippen molar-refractivity contribution < 1.29 is 19.4 Å². The van der Waals surface area contributed by atoms with Crippen LogP contribution < -0.4 is 15.1 Å². The van der Waals surface area contributed by atoms with E-state index in [0.717, 1.165) is 38.2 Å².